The van der Waals surface area contributed by atoms with E-state index in [1.165, 1.54) is 12.1 Å². The minimum atomic E-state index is -0.650. The Labute approximate surface area is 146 Å². The molecular formula is C17H13FN4O2S. The number of rotatable bonds is 5. The normalized spacial score (nSPS) is 13.8. The summed E-state index contributed by atoms with van der Waals surface area (Å²) in [7, 11) is 0. The Bertz CT molecular complexity index is 941. The Morgan fingerprint density at radius 1 is 1.20 bits per heavy atom. The molecule has 0 amide bonds. The van der Waals surface area contributed by atoms with Crippen LogP contribution in [-0.2, 0) is 0 Å². The predicted molar refractivity (Wildman–Crippen MR) is 90.5 cm³/mol. The fourth-order valence-electron chi connectivity index (χ4n) is 2.50. The number of nitro groups is 1. The molecule has 25 heavy (non-hydrogen) atoms. The molecule has 0 bridgehead atoms. The maximum Gasteiger partial charge on any atom is 0.272 e. The second-order valence-electron chi connectivity index (χ2n) is 5.75. The van der Waals surface area contributed by atoms with Crippen molar-refractivity contribution in [3.63, 3.8) is 0 Å². The van der Waals surface area contributed by atoms with Crippen molar-refractivity contribution in [2.24, 2.45) is 0 Å². The fourth-order valence-corrected chi connectivity index (χ4v) is 3.25. The van der Waals surface area contributed by atoms with E-state index in [2.05, 4.69) is 10.1 Å². The predicted octanol–water partition coefficient (Wildman–Crippen LogP) is 4.34. The van der Waals surface area contributed by atoms with Crippen LogP contribution in [0.5, 0.6) is 0 Å². The summed E-state index contributed by atoms with van der Waals surface area (Å²) in [6.45, 7) is 0. The number of hydrogen-bond acceptors (Lipinski definition) is 5. The van der Waals surface area contributed by atoms with E-state index in [9.17, 15) is 14.5 Å². The first-order valence-electron chi connectivity index (χ1n) is 7.76. The lowest BCUT2D eigenvalue weighted by Crippen LogP contribution is -2.01. The van der Waals surface area contributed by atoms with Crippen molar-refractivity contribution in [1.29, 1.82) is 0 Å². The zero-order chi connectivity index (χ0) is 17.4. The minimum absolute atomic E-state index is 0.262. The van der Waals surface area contributed by atoms with E-state index in [4.69, 9.17) is 0 Å². The van der Waals surface area contributed by atoms with Crippen molar-refractivity contribution in [2.45, 2.75) is 28.8 Å². The zero-order valence-corrected chi connectivity index (χ0v) is 13.8. The van der Waals surface area contributed by atoms with Gasteiger partial charge in [0.1, 0.15) is 11.6 Å². The van der Waals surface area contributed by atoms with E-state index in [0.717, 1.165) is 42.2 Å². The molecule has 1 heterocycles. The zero-order valence-electron chi connectivity index (χ0n) is 13.0. The maximum absolute atomic E-state index is 14.1. The van der Waals surface area contributed by atoms with Gasteiger partial charge in [-0.15, -0.1) is 5.10 Å². The van der Waals surface area contributed by atoms with Gasteiger partial charge in [0.15, 0.2) is 0 Å². The van der Waals surface area contributed by atoms with Gasteiger partial charge < -0.3 is 0 Å². The van der Waals surface area contributed by atoms with Crippen molar-refractivity contribution in [3.05, 3.63) is 70.3 Å². The highest BCUT2D eigenvalue weighted by atomic mass is 32.2. The molecule has 1 fully saturated rings. The molecule has 0 radical (unpaired) electrons. The van der Waals surface area contributed by atoms with Crippen LogP contribution in [0.15, 0.2) is 58.6 Å². The molecule has 0 atom stereocenters. The van der Waals surface area contributed by atoms with Gasteiger partial charge in [-0.2, -0.15) is 0 Å². The number of aromatic nitrogens is 3. The van der Waals surface area contributed by atoms with Crippen molar-refractivity contribution in [1.82, 2.24) is 14.8 Å². The van der Waals surface area contributed by atoms with Crippen LogP contribution in [0.2, 0.25) is 0 Å². The van der Waals surface area contributed by atoms with Crippen LogP contribution in [0.4, 0.5) is 10.1 Å². The average molecular weight is 356 g/mol. The molecule has 2 aromatic carbocycles. The van der Waals surface area contributed by atoms with Gasteiger partial charge in [0.2, 0.25) is 5.16 Å². The van der Waals surface area contributed by atoms with Gasteiger partial charge in [0.25, 0.3) is 5.69 Å². The fraction of sp³-hybridized carbons (Fsp3) is 0.176. The highest BCUT2D eigenvalue weighted by Crippen LogP contribution is 2.41. The Morgan fingerprint density at radius 3 is 2.60 bits per heavy atom. The SMILES string of the molecule is O=[N+]([O-])c1ccc(Sc2nc(C3CC3)n(-c3ccccc3)n2)c(F)c1. The lowest BCUT2D eigenvalue weighted by Gasteiger charge is -2.03. The summed E-state index contributed by atoms with van der Waals surface area (Å²) in [5.41, 5.74) is 0.635. The Kier molecular flexibility index (Phi) is 3.96. The van der Waals surface area contributed by atoms with E-state index < -0.39 is 10.7 Å². The summed E-state index contributed by atoms with van der Waals surface area (Å²) >= 11 is 1.07. The highest BCUT2D eigenvalue weighted by Gasteiger charge is 2.30. The summed E-state index contributed by atoms with van der Waals surface area (Å²) < 4.78 is 15.9. The third-order valence-corrected chi connectivity index (χ3v) is 4.79. The van der Waals surface area contributed by atoms with Crippen LogP contribution in [0.1, 0.15) is 24.6 Å². The molecule has 1 aromatic heterocycles. The molecule has 8 heteroatoms. The Balaban J connectivity index is 1.67. The van der Waals surface area contributed by atoms with Gasteiger partial charge >= 0.3 is 0 Å². The summed E-state index contributed by atoms with van der Waals surface area (Å²) in [5, 5.41) is 15.6. The molecule has 0 unspecified atom stereocenters. The molecular weight excluding hydrogens is 343 g/mol. The minimum Gasteiger partial charge on any atom is -0.258 e. The lowest BCUT2D eigenvalue weighted by molar-refractivity contribution is -0.385. The Morgan fingerprint density at radius 2 is 1.96 bits per heavy atom. The van der Waals surface area contributed by atoms with E-state index in [1.807, 2.05) is 30.3 Å². The molecule has 4 rings (SSSR count). The molecule has 1 aliphatic carbocycles. The Hall–Kier alpha value is -2.74. The van der Waals surface area contributed by atoms with E-state index in [0.29, 0.717) is 11.1 Å². The number of benzene rings is 2. The summed E-state index contributed by atoms with van der Waals surface area (Å²) in [5.74, 6) is 0.600. The number of hydrogen-bond donors (Lipinski definition) is 0. The van der Waals surface area contributed by atoms with Crippen LogP contribution in [0, 0.1) is 15.9 Å². The van der Waals surface area contributed by atoms with Crippen LogP contribution in [0.25, 0.3) is 5.69 Å². The van der Waals surface area contributed by atoms with E-state index in [1.54, 1.807) is 4.68 Å². The van der Waals surface area contributed by atoms with Crippen molar-refractivity contribution in [2.75, 3.05) is 0 Å². The average Bonchev–Trinajstić information content (AvgIpc) is 3.38. The standard InChI is InChI=1S/C17H13FN4O2S/c18-14-10-13(22(23)24)8-9-15(14)25-17-19-16(11-6-7-11)21(20-17)12-4-2-1-3-5-12/h1-5,8-11H,6-7H2. The molecule has 0 saturated heterocycles. The van der Waals surface area contributed by atoms with Gasteiger partial charge in [-0.25, -0.2) is 14.1 Å². The first-order valence-corrected chi connectivity index (χ1v) is 8.57. The smallest absolute Gasteiger partial charge is 0.258 e. The van der Waals surface area contributed by atoms with Gasteiger partial charge in [-0.1, -0.05) is 18.2 Å². The monoisotopic (exact) mass is 356 g/mol. The van der Waals surface area contributed by atoms with Crippen LogP contribution >= 0.6 is 11.8 Å². The number of nitrogens with zero attached hydrogens (tertiary/aromatic N) is 4. The van der Waals surface area contributed by atoms with E-state index in [-0.39, 0.29) is 10.6 Å². The third-order valence-electron chi connectivity index (χ3n) is 3.88. The highest BCUT2D eigenvalue weighted by molar-refractivity contribution is 7.99. The summed E-state index contributed by atoms with van der Waals surface area (Å²) in [6, 6.07) is 13.3. The van der Waals surface area contributed by atoms with E-state index >= 15 is 0 Å². The molecule has 1 saturated carbocycles. The lowest BCUT2D eigenvalue weighted by atomic mass is 10.3. The van der Waals surface area contributed by atoms with Gasteiger partial charge in [-0.05, 0) is 42.8 Å². The number of non-ortho nitro benzene ring substituents is 1. The third kappa shape index (κ3) is 3.25. The number of nitro benzene ring substituents is 1. The van der Waals surface area contributed by atoms with Gasteiger partial charge in [-0.3, -0.25) is 10.1 Å². The molecule has 0 aliphatic heterocycles. The van der Waals surface area contributed by atoms with Crippen LogP contribution in [-0.4, -0.2) is 19.7 Å². The molecule has 6 nitrogen and oxygen atoms in total. The largest absolute Gasteiger partial charge is 0.272 e. The number of halogens is 1. The summed E-state index contributed by atoms with van der Waals surface area (Å²) in [4.78, 5) is 14.9. The van der Waals surface area contributed by atoms with Crippen molar-refractivity contribution >= 4 is 17.4 Å². The van der Waals surface area contributed by atoms with Crippen molar-refractivity contribution < 1.29 is 9.31 Å². The molecule has 3 aromatic rings. The molecule has 0 spiro atoms. The first kappa shape index (κ1) is 15.8. The maximum atomic E-state index is 14.1. The topological polar surface area (TPSA) is 73.8 Å². The van der Waals surface area contributed by atoms with Gasteiger partial charge in [0.05, 0.1) is 21.6 Å². The quantitative estimate of drug-likeness (QED) is 0.502. The first-order chi connectivity index (χ1) is 12.1. The van der Waals surface area contributed by atoms with Crippen LogP contribution < -0.4 is 0 Å². The molecule has 1 aliphatic rings. The second-order valence-corrected chi connectivity index (χ2v) is 6.76. The van der Waals surface area contributed by atoms with Crippen molar-refractivity contribution in [3.8, 4) is 5.69 Å². The summed E-state index contributed by atoms with van der Waals surface area (Å²) in [6.07, 6.45) is 2.14. The number of para-hydroxylation sites is 1. The van der Waals surface area contributed by atoms with Crippen LogP contribution in [0.3, 0.4) is 0 Å². The molecule has 126 valence electrons. The van der Waals surface area contributed by atoms with Gasteiger partial charge in [0, 0.05) is 12.0 Å². The second kappa shape index (κ2) is 6.29. The molecule has 0 N–H and O–H groups in total.